The van der Waals surface area contributed by atoms with Crippen LogP contribution in [-0.4, -0.2) is 48.7 Å². The molecule has 1 fully saturated rings. The maximum atomic E-state index is 11.9. The topological polar surface area (TPSA) is 55.8 Å². The number of carbonyl (C=O) groups excluding carboxylic acids is 2. The molecular formula is C12H21NO4. The molecule has 17 heavy (non-hydrogen) atoms. The molecule has 98 valence electrons. The molecule has 1 aliphatic rings. The van der Waals surface area contributed by atoms with Gasteiger partial charge in [-0.05, 0) is 33.6 Å². The highest BCUT2D eigenvalue weighted by molar-refractivity contribution is 5.86. The zero-order valence-electron chi connectivity index (χ0n) is 11.0. The largest absolute Gasteiger partial charge is 0.458 e. The van der Waals surface area contributed by atoms with Crippen molar-refractivity contribution in [3.8, 4) is 0 Å². The molecule has 1 atom stereocenters. The zero-order chi connectivity index (χ0) is 13.1. The summed E-state index contributed by atoms with van der Waals surface area (Å²) < 4.78 is 10.1. The van der Waals surface area contributed by atoms with Crippen LogP contribution in [0, 0.1) is 0 Å². The van der Waals surface area contributed by atoms with Gasteiger partial charge in [0, 0.05) is 13.7 Å². The van der Waals surface area contributed by atoms with E-state index < -0.39 is 11.6 Å². The second kappa shape index (κ2) is 5.49. The van der Waals surface area contributed by atoms with Crippen LogP contribution in [0.2, 0.25) is 0 Å². The van der Waals surface area contributed by atoms with Crippen molar-refractivity contribution in [1.29, 1.82) is 0 Å². The van der Waals surface area contributed by atoms with E-state index in [0.29, 0.717) is 13.0 Å². The molecule has 1 aliphatic heterocycles. The Kier molecular flexibility index (Phi) is 4.51. The smallest absolute Gasteiger partial charge is 0.329 e. The van der Waals surface area contributed by atoms with Crippen molar-refractivity contribution in [2.75, 3.05) is 20.3 Å². The lowest BCUT2D eigenvalue weighted by Gasteiger charge is -2.27. The Balaban J connectivity index is 2.63. The van der Waals surface area contributed by atoms with Gasteiger partial charge in [0.25, 0.3) is 0 Å². The van der Waals surface area contributed by atoms with Gasteiger partial charge in [0.2, 0.25) is 5.91 Å². The van der Waals surface area contributed by atoms with Crippen LogP contribution < -0.4 is 0 Å². The molecule has 5 nitrogen and oxygen atoms in total. The van der Waals surface area contributed by atoms with Gasteiger partial charge in [-0.25, -0.2) is 4.79 Å². The van der Waals surface area contributed by atoms with Crippen molar-refractivity contribution in [3.05, 3.63) is 0 Å². The first kappa shape index (κ1) is 14.0. The van der Waals surface area contributed by atoms with Gasteiger partial charge in [0.15, 0.2) is 0 Å². The Morgan fingerprint density at radius 2 is 2.00 bits per heavy atom. The number of amides is 1. The molecule has 0 bridgehead atoms. The maximum absolute atomic E-state index is 11.9. The molecule has 0 radical (unpaired) electrons. The molecule has 1 saturated heterocycles. The third-order valence-corrected chi connectivity index (χ3v) is 2.52. The quantitative estimate of drug-likeness (QED) is 0.693. The highest BCUT2D eigenvalue weighted by Gasteiger charge is 2.36. The maximum Gasteiger partial charge on any atom is 0.329 e. The molecular weight excluding hydrogens is 222 g/mol. The summed E-state index contributed by atoms with van der Waals surface area (Å²) in [5, 5.41) is 0. The van der Waals surface area contributed by atoms with Crippen molar-refractivity contribution < 1.29 is 19.1 Å². The molecule has 5 heteroatoms. The number of rotatable bonds is 3. The second-order valence-electron chi connectivity index (χ2n) is 5.21. The summed E-state index contributed by atoms with van der Waals surface area (Å²) in [4.78, 5) is 25.2. The van der Waals surface area contributed by atoms with E-state index in [1.807, 2.05) is 20.8 Å². The molecule has 1 heterocycles. The Morgan fingerprint density at radius 3 is 2.53 bits per heavy atom. The third-order valence-electron chi connectivity index (χ3n) is 2.52. The standard InChI is InChI=1S/C12H21NO4/c1-12(2,3)17-11(15)9-6-5-7-13(9)10(14)8-16-4/h9H,5-8H2,1-4H3. The van der Waals surface area contributed by atoms with Crippen LogP contribution in [0.1, 0.15) is 33.6 Å². The second-order valence-corrected chi connectivity index (χ2v) is 5.21. The third kappa shape index (κ3) is 4.00. The van der Waals surface area contributed by atoms with E-state index in [1.165, 1.54) is 7.11 Å². The van der Waals surface area contributed by atoms with Crippen LogP contribution in [-0.2, 0) is 19.1 Å². The van der Waals surface area contributed by atoms with Crippen LogP contribution >= 0.6 is 0 Å². The fourth-order valence-corrected chi connectivity index (χ4v) is 1.89. The van der Waals surface area contributed by atoms with E-state index in [1.54, 1.807) is 4.90 Å². The minimum Gasteiger partial charge on any atom is -0.458 e. The molecule has 1 unspecified atom stereocenters. The average Bonchev–Trinajstić information content (AvgIpc) is 2.63. The summed E-state index contributed by atoms with van der Waals surface area (Å²) in [5.74, 6) is -0.472. The Hall–Kier alpha value is -1.10. The van der Waals surface area contributed by atoms with E-state index in [4.69, 9.17) is 9.47 Å². The van der Waals surface area contributed by atoms with Gasteiger partial charge in [-0.1, -0.05) is 0 Å². The van der Waals surface area contributed by atoms with Gasteiger partial charge in [0.1, 0.15) is 18.2 Å². The molecule has 0 saturated carbocycles. The first-order valence-corrected chi connectivity index (χ1v) is 5.86. The molecule has 0 N–H and O–H groups in total. The summed E-state index contributed by atoms with van der Waals surface area (Å²) in [6.45, 7) is 6.08. The lowest BCUT2D eigenvalue weighted by atomic mass is 10.1. The molecule has 0 aromatic rings. The molecule has 0 aromatic heterocycles. The number of ether oxygens (including phenoxy) is 2. The van der Waals surface area contributed by atoms with Crippen molar-refractivity contribution >= 4 is 11.9 Å². The van der Waals surface area contributed by atoms with E-state index in [0.717, 1.165) is 6.42 Å². The average molecular weight is 243 g/mol. The Bertz CT molecular complexity index is 295. The fourth-order valence-electron chi connectivity index (χ4n) is 1.89. The molecule has 0 aliphatic carbocycles. The SMILES string of the molecule is COCC(=O)N1CCCC1C(=O)OC(C)(C)C. The number of esters is 1. The van der Waals surface area contributed by atoms with Crippen molar-refractivity contribution in [2.24, 2.45) is 0 Å². The highest BCUT2D eigenvalue weighted by atomic mass is 16.6. The fraction of sp³-hybridized carbons (Fsp3) is 0.833. The zero-order valence-corrected chi connectivity index (χ0v) is 11.0. The summed E-state index contributed by atoms with van der Waals surface area (Å²) >= 11 is 0. The van der Waals surface area contributed by atoms with Gasteiger partial charge in [-0.3, -0.25) is 4.79 Å². The first-order valence-electron chi connectivity index (χ1n) is 5.86. The van der Waals surface area contributed by atoms with E-state index in [-0.39, 0.29) is 18.5 Å². The van der Waals surface area contributed by atoms with Crippen LogP contribution in [0.5, 0.6) is 0 Å². The predicted octanol–water partition coefficient (Wildman–Crippen LogP) is 0.965. The van der Waals surface area contributed by atoms with Crippen LogP contribution in [0.15, 0.2) is 0 Å². The van der Waals surface area contributed by atoms with E-state index in [2.05, 4.69) is 0 Å². The molecule has 1 amide bonds. The Labute approximate surface area is 102 Å². The van der Waals surface area contributed by atoms with Gasteiger partial charge in [0.05, 0.1) is 0 Å². The summed E-state index contributed by atoms with van der Waals surface area (Å²) in [6.07, 6.45) is 1.50. The van der Waals surface area contributed by atoms with Crippen LogP contribution in [0.25, 0.3) is 0 Å². The number of hydrogen-bond acceptors (Lipinski definition) is 4. The number of hydrogen-bond donors (Lipinski definition) is 0. The number of likely N-dealkylation sites (tertiary alicyclic amines) is 1. The van der Waals surface area contributed by atoms with Gasteiger partial charge < -0.3 is 14.4 Å². The van der Waals surface area contributed by atoms with Crippen molar-refractivity contribution in [3.63, 3.8) is 0 Å². The van der Waals surface area contributed by atoms with Crippen LogP contribution in [0.3, 0.4) is 0 Å². The number of methoxy groups -OCH3 is 1. The minimum absolute atomic E-state index is 0.0132. The molecule has 0 spiro atoms. The normalized spacial score (nSPS) is 20.5. The van der Waals surface area contributed by atoms with E-state index >= 15 is 0 Å². The summed E-state index contributed by atoms with van der Waals surface area (Å²) in [5.41, 5.74) is -0.518. The summed E-state index contributed by atoms with van der Waals surface area (Å²) in [6, 6.07) is -0.447. The summed E-state index contributed by atoms with van der Waals surface area (Å²) in [7, 11) is 1.47. The minimum atomic E-state index is -0.518. The first-order chi connectivity index (χ1) is 7.85. The Morgan fingerprint density at radius 1 is 1.35 bits per heavy atom. The number of carbonyl (C=O) groups is 2. The lowest BCUT2D eigenvalue weighted by Crippen LogP contribution is -2.44. The van der Waals surface area contributed by atoms with Gasteiger partial charge in [-0.15, -0.1) is 0 Å². The molecule has 0 aromatic carbocycles. The lowest BCUT2D eigenvalue weighted by molar-refractivity contribution is -0.163. The highest BCUT2D eigenvalue weighted by Crippen LogP contribution is 2.21. The molecule has 1 rings (SSSR count). The monoisotopic (exact) mass is 243 g/mol. The van der Waals surface area contributed by atoms with E-state index in [9.17, 15) is 9.59 Å². The van der Waals surface area contributed by atoms with Crippen molar-refractivity contribution in [2.45, 2.75) is 45.3 Å². The number of nitrogens with zero attached hydrogens (tertiary/aromatic N) is 1. The van der Waals surface area contributed by atoms with Gasteiger partial charge in [-0.2, -0.15) is 0 Å². The van der Waals surface area contributed by atoms with Crippen molar-refractivity contribution in [1.82, 2.24) is 4.90 Å². The van der Waals surface area contributed by atoms with Crippen LogP contribution in [0.4, 0.5) is 0 Å². The van der Waals surface area contributed by atoms with Gasteiger partial charge >= 0.3 is 5.97 Å². The predicted molar refractivity (Wildman–Crippen MR) is 62.5 cm³/mol.